The van der Waals surface area contributed by atoms with E-state index in [1.165, 1.54) is 25.3 Å². The molecule has 0 amide bonds. The molecule has 3 nitrogen and oxygen atoms in total. The van der Waals surface area contributed by atoms with Crippen molar-refractivity contribution in [3.63, 3.8) is 0 Å². The van der Waals surface area contributed by atoms with Gasteiger partial charge in [0.1, 0.15) is 5.75 Å². The minimum absolute atomic E-state index is 0.0464. The molecule has 82 valence electrons. The van der Waals surface area contributed by atoms with E-state index in [9.17, 15) is 13.6 Å². The number of methoxy groups -OCH3 is 1. The topological polar surface area (TPSA) is 46.5 Å². The van der Waals surface area contributed by atoms with Gasteiger partial charge < -0.3 is 9.84 Å². The number of carboxylic acid groups (broad SMARTS) is 1. The average molecular weight is 216 g/mol. The van der Waals surface area contributed by atoms with Gasteiger partial charge in [0.15, 0.2) is 0 Å². The van der Waals surface area contributed by atoms with Crippen molar-refractivity contribution in [1.82, 2.24) is 0 Å². The number of alkyl halides is 2. The molecule has 1 aromatic carbocycles. The van der Waals surface area contributed by atoms with Gasteiger partial charge >= 0.3 is 5.97 Å². The number of para-hydroxylation sites is 1. The fourth-order valence-corrected chi connectivity index (χ4v) is 1.33. The van der Waals surface area contributed by atoms with Gasteiger partial charge in [0.2, 0.25) is 0 Å². The lowest BCUT2D eigenvalue weighted by Crippen LogP contribution is -2.04. The number of rotatable bonds is 4. The van der Waals surface area contributed by atoms with Gasteiger partial charge in [-0.25, -0.2) is 8.78 Å². The number of halogens is 2. The number of benzene rings is 1. The van der Waals surface area contributed by atoms with Crippen molar-refractivity contribution in [2.45, 2.75) is 12.8 Å². The molecule has 0 atom stereocenters. The second-order valence-corrected chi connectivity index (χ2v) is 2.91. The highest BCUT2D eigenvalue weighted by atomic mass is 19.3. The first-order valence-electron chi connectivity index (χ1n) is 4.22. The molecule has 0 unspecified atom stereocenters. The van der Waals surface area contributed by atoms with E-state index < -0.39 is 12.4 Å². The molecule has 0 aliphatic rings. The minimum Gasteiger partial charge on any atom is -0.496 e. The minimum atomic E-state index is -2.67. The van der Waals surface area contributed by atoms with Crippen LogP contribution >= 0.6 is 0 Å². The van der Waals surface area contributed by atoms with Gasteiger partial charge in [-0.2, -0.15) is 0 Å². The van der Waals surface area contributed by atoms with Gasteiger partial charge in [-0.1, -0.05) is 12.1 Å². The van der Waals surface area contributed by atoms with Crippen LogP contribution in [0, 0.1) is 0 Å². The zero-order valence-corrected chi connectivity index (χ0v) is 8.04. The van der Waals surface area contributed by atoms with Crippen LogP contribution in [0.4, 0.5) is 8.78 Å². The average Bonchev–Trinajstić information content (AvgIpc) is 2.16. The Bertz CT molecular complexity index is 364. The Labute approximate surface area is 85.3 Å². The van der Waals surface area contributed by atoms with E-state index >= 15 is 0 Å². The van der Waals surface area contributed by atoms with E-state index in [1.54, 1.807) is 0 Å². The summed E-state index contributed by atoms with van der Waals surface area (Å²) in [5, 5.41) is 8.57. The molecule has 0 aliphatic carbocycles. The molecule has 0 radical (unpaired) electrons. The summed E-state index contributed by atoms with van der Waals surface area (Å²) in [5.74, 6) is -1.13. The molecule has 0 aliphatic heterocycles. The third kappa shape index (κ3) is 2.65. The summed E-state index contributed by atoms with van der Waals surface area (Å²) in [6, 6.07) is 4.07. The van der Waals surface area contributed by atoms with Crippen LogP contribution in [-0.2, 0) is 11.2 Å². The summed E-state index contributed by atoms with van der Waals surface area (Å²) in [6.07, 6.45) is -3.00. The highest BCUT2D eigenvalue weighted by molar-refractivity contribution is 5.71. The lowest BCUT2D eigenvalue weighted by atomic mass is 10.1. The summed E-state index contributed by atoms with van der Waals surface area (Å²) < 4.78 is 29.8. The third-order valence-electron chi connectivity index (χ3n) is 1.91. The summed E-state index contributed by atoms with van der Waals surface area (Å²) in [4.78, 5) is 10.5. The van der Waals surface area contributed by atoms with Gasteiger partial charge in [0, 0.05) is 5.56 Å². The molecule has 0 saturated carbocycles. The number of hydrogen-bond donors (Lipinski definition) is 1. The standard InChI is InChI=1S/C10H10F2O3/c1-15-9-6(5-8(13)14)3-2-4-7(9)10(11)12/h2-4,10H,5H2,1H3,(H,13,14). The fraction of sp³-hybridized carbons (Fsp3) is 0.300. The summed E-state index contributed by atoms with van der Waals surface area (Å²) in [5.41, 5.74) is -0.0287. The Morgan fingerprint density at radius 2 is 2.20 bits per heavy atom. The zero-order valence-electron chi connectivity index (χ0n) is 8.04. The number of carbonyl (C=O) groups is 1. The molecule has 0 saturated heterocycles. The Kier molecular flexibility index (Phi) is 3.60. The van der Waals surface area contributed by atoms with E-state index in [-0.39, 0.29) is 23.3 Å². The molecule has 5 heteroatoms. The monoisotopic (exact) mass is 216 g/mol. The molecule has 1 N–H and O–H groups in total. The van der Waals surface area contributed by atoms with Crippen LogP contribution in [0.15, 0.2) is 18.2 Å². The number of aliphatic carboxylic acids is 1. The maximum atomic E-state index is 12.5. The lowest BCUT2D eigenvalue weighted by molar-refractivity contribution is -0.136. The van der Waals surface area contributed by atoms with Gasteiger partial charge in [0.05, 0.1) is 19.1 Å². The quantitative estimate of drug-likeness (QED) is 0.839. The molecule has 0 fully saturated rings. The third-order valence-corrected chi connectivity index (χ3v) is 1.91. The molecule has 15 heavy (non-hydrogen) atoms. The lowest BCUT2D eigenvalue weighted by Gasteiger charge is -2.11. The van der Waals surface area contributed by atoms with Gasteiger partial charge in [0.25, 0.3) is 6.43 Å². The van der Waals surface area contributed by atoms with Gasteiger partial charge in [-0.15, -0.1) is 0 Å². The van der Waals surface area contributed by atoms with Crippen LogP contribution in [0.1, 0.15) is 17.6 Å². The maximum Gasteiger partial charge on any atom is 0.307 e. The van der Waals surface area contributed by atoms with E-state index in [1.807, 2.05) is 0 Å². The fourth-order valence-electron chi connectivity index (χ4n) is 1.33. The molecule has 1 aromatic rings. The molecule has 0 heterocycles. The van der Waals surface area contributed by atoms with Crippen molar-refractivity contribution in [2.24, 2.45) is 0 Å². The molecule has 0 aromatic heterocycles. The Hall–Kier alpha value is -1.65. The van der Waals surface area contributed by atoms with Crippen LogP contribution in [0.25, 0.3) is 0 Å². The normalized spacial score (nSPS) is 10.4. The van der Waals surface area contributed by atoms with Crippen LogP contribution in [0.5, 0.6) is 5.75 Å². The highest BCUT2D eigenvalue weighted by Crippen LogP contribution is 2.32. The second kappa shape index (κ2) is 4.72. The Morgan fingerprint density at radius 1 is 1.53 bits per heavy atom. The summed E-state index contributed by atoms with van der Waals surface area (Å²) in [7, 11) is 1.24. The van der Waals surface area contributed by atoms with Crippen LogP contribution in [0.2, 0.25) is 0 Å². The van der Waals surface area contributed by atoms with Crippen molar-refractivity contribution in [2.75, 3.05) is 7.11 Å². The molecular formula is C10H10F2O3. The van der Waals surface area contributed by atoms with Gasteiger partial charge in [-0.3, -0.25) is 4.79 Å². The Balaban J connectivity index is 3.15. The highest BCUT2D eigenvalue weighted by Gasteiger charge is 2.17. The Morgan fingerprint density at radius 3 is 2.67 bits per heavy atom. The van der Waals surface area contributed by atoms with Crippen LogP contribution < -0.4 is 4.74 Å². The van der Waals surface area contributed by atoms with E-state index in [4.69, 9.17) is 9.84 Å². The molecular weight excluding hydrogens is 206 g/mol. The van der Waals surface area contributed by atoms with E-state index in [0.717, 1.165) is 0 Å². The first-order chi connectivity index (χ1) is 7.06. The largest absolute Gasteiger partial charge is 0.496 e. The second-order valence-electron chi connectivity index (χ2n) is 2.91. The zero-order chi connectivity index (χ0) is 11.4. The first kappa shape index (κ1) is 11.4. The molecule has 0 bridgehead atoms. The SMILES string of the molecule is COc1c(CC(=O)O)cccc1C(F)F. The van der Waals surface area contributed by atoms with Crippen molar-refractivity contribution >= 4 is 5.97 Å². The number of hydrogen-bond acceptors (Lipinski definition) is 2. The summed E-state index contributed by atoms with van der Waals surface area (Å²) >= 11 is 0. The smallest absolute Gasteiger partial charge is 0.307 e. The number of carboxylic acids is 1. The molecule has 0 spiro atoms. The first-order valence-corrected chi connectivity index (χ1v) is 4.22. The van der Waals surface area contributed by atoms with Gasteiger partial charge in [-0.05, 0) is 6.07 Å². The van der Waals surface area contributed by atoms with E-state index in [2.05, 4.69) is 0 Å². The van der Waals surface area contributed by atoms with Crippen molar-refractivity contribution in [3.05, 3.63) is 29.3 Å². The van der Waals surface area contributed by atoms with Crippen molar-refractivity contribution < 1.29 is 23.4 Å². The predicted octanol–water partition coefficient (Wildman–Crippen LogP) is 2.26. The van der Waals surface area contributed by atoms with Crippen LogP contribution in [-0.4, -0.2) is 18.2 Å². The molecule has 1 rings (SSSR count). The maximum absolute atomic E-state index is 12.5. The van der Waals surface area contributed by atoms with Crippen LogP contribution in [0.3, 0.4) is 0 Å². The van der Waals surface area contributed by atoms with E-state index in [0.29, 0.717) is 0 Å². The predicted molar refractivity (Wildman–Crippen MR) is 49.3 cm³/mol. The van der Waals surface area contributed by atoms with Crippen molar-refractivity contribution in [1.29, 1.82) is 0 Å². The summed E-state index contributed by atoms with van der Waals surface area (Å²) in [6.45, 7) is 0. The number of ether oxygens (including phenoxy) is 1. The van der Waals surface area contributed by atoms with Crippen molar-refractivity contribution in [3.8, 4) is 5.75 Å².